The van der Waals surface area contributed by atoms with E-state index in [0.29, 0.717) is 17.7 Å². The van der Waals surface area contributed by atoms with E-state index in [-0.39, 0.29) is 11.8 Å². The molecule has 0 aliphatic heterocycles. The summed E-state index contributed by atoms with van der Waals surface area (Å²) in [5.74, 6) is -0.367. The molecular formula is C24H25N3O2. The van der Waals surface area contributed by atoms with Crippen LogP contribution < -0.4 is 10.6 Å². The summed E-state index contributed by atoms with van der Waals surface area (Å²) in [6.45, 7) is 4.55. The van der Waals surface area contributed by atoms with Crippen molar-refractivity contribution in [2.75, 3.05) is 5.32 Å². The lowest BCUT2D eigenvalue weighted by atomic mass is 10.0. The number of carbonyl (C=O) groups excluding carboxylic acids is 2. The Kier molecular flexibility index (Phi) is 6.74. The van der Waals surface area contributed by atoms with E-state index in [1.54, 1.807) is 36.7 Å². The Morgan fingerprint density at radius 1 is 0.828 bits per heavy atom. The Balaban J connectivity index is 1.67. The lowest BCUT2D eigenvalue weighted by Gasteiger charge is -2.14. The molecule has 0 atom stereocenters. The molecule has 0 aliphatic rings. The van der Waals surface area contributed by atoms with Gasteiger partial charge in [-0.3, -0.25) is 14.6 Å². The third kappa shape index (κ3) is 5.08. The SMILES string of the molecule is CCc1cccc(CC)c1NC(=O)c1ccc(C(=O)NCc2cccnc2)cc1. The van der Waals surface area contributed by atoms with Gasteiger partial charge in [-0.15, -0.1) is 0 Å². The first-order valence-electron chi connectivity index (χ1n) is 9.81. The van der Waals surface area contributed by atoms with Gasteiger partial charge in [-0.1, -0.05) is 38.1 Å². The van der Waals surface area contributed by atoms with Crippen LogP contribution in [0.15, 0.2) is 67.0 Å². The van der Waals surface area contributed by atoms with Crippen molar-refractivity contribution in [1.29, 1.82) is 0 Å². The van der Waals surface area contributed by atoms with Crippen molar-refractivity contribution in [2.24, 2.45) is 0 Å². The van der Waals surface area contributed by atoms with Gasteiger partial charge in [-0.2, -0.15) is 0 Å². The van der Waals surface area contributed by atoms with Crippen LogP contribution in [0.4, 0.5) is 5.69 Å². The molecule has 3 aromatic rings. The first-order chi connectivity index (χ1) is 14.1. The zero-order valence-electron chi connectivity index (χ0n) is 16.7. The monoisotopic (exact) mass is 387 g/mol. The van der Waals surface area contributed by atoms with Gasteiger partial charge < -0.3 is 10.6 Å². The average molecular weight is 387 g/mol. The van der Waals surface area contributed by atoms with Crippen LogP contribution >= 0.6 is 0 Å². The molecule has 0 radical (unpaired) electrons. The van der Waals surface area contributed by atoms with Gasteiger partial charge in [0, 0.05) is 35.8 Å². The molecular weight excluding hydrogens is 362 g/mol. The van der Waals surface area contributed by atoms with Crippen LogP contribution in [0.1, 0.15) is 51.3 Å². The quantitative estimate of drug-likeness (QED) is 0.632. The molecule has 3 rings (SSSR count). The molecule has 0 saturated carbocycles. The number of anilines is 1. The van der Waals surface area contributed by atoms with Crippen molar-refractivity contribution in [3.8, 4) is 0 Å². The van der Waals surface area contributed by atoms with E-state index in [2.05, 4.69) is 29.5 Å². The van der Waals surface area contributed by atoms with Crippen molar-refractivity contribution in [2.45, 2.75) is 33.2 Å². The highest BCUT2D eigenvalue weighted by molar-refractivity contribution is 6.05. The lowest BCUT2D eigenvalue weighted by Crippen LogP contribution is -2.23. The largest absolute Gasteiger partial charge is 0.348 e. The maximum Gasteiger partial charge on any atom is 0.255 e. The third-order valence-corrected chi connectivity index (χ3v) is 4.82. The fourth-order valence-electron chi connectivity index (χ4n) is 3.15. The van der Waals surface area contributed by atoms with Gasteiger partial charge in [-0.05, 0) is 59.9 Å². The lowest BCUT2D eigenvalue weighted by molar-refractivity contribution is 0.0949. The molecule has 2 aromatic carbocycles. The van der Waals surface area contributed by atoms with E-state index in [4.69, 9.17) is 0 Å². The van der Waals surface area contributed by atoms with Gasteiger partial charge in [0.05, 0.1) is 0 Å². The number of nitrogens with zero attached hydrogens (tertiary/aromatic N) is 1. The Labute approximate surface area is 171 Å². The van der Waals surface area contributed by atoms with Crippen LogP contribution in [-0.4, -0.2) is 16.8 Å². The average Bonchev–Trinajstić information content (AvgIpc) is 2.78. The first-order valence-corrected chi connectivity index (χ1v) is 9.81. The number of carbonyl (C=O) groups is 2. The zero-order chi connectivity index (χ0) is 20.6. The van der Waals surface area contributed by atoms with Crippen LogP contribution in [0.3, 0.4) is 0 Å². The summed E-state index contributed by atoms with van der Waals surface area (Å²) in [6.07, 6.45) is 5.10. The van der Waals surface area contributed by atoms with Crippen LogP contribution in [0, 0.1) is 0 Å². The highest BCUT2D eigenvalue weighted by Crippen LogP contribution is 2.23. The second-order valence-electron chi connectivity index (χ2n) is 6.73. The van der Waals surface area contributed by atoms with E-state index in [0.717, 1.165) is 35.2 Å². The zero-order valence-corrected chi connectivity index (χ0v) is 16.7. The maximum absolute atomic E-state index is 12.7. The number of benzene rings is 2. The Morgan fingerprint density at radius 2 is 1.45 bits per heavy atom. The van der Waals surface area contributed by atoms with Crippen molar-refractivity contribution in [3.05, 3.63) is 94.8 Å². The Morgan fingerprint density at radius 3 is 2.00 bits per heavy atom. The second-order valence-corrected chi connectivity index (χ2v) is 6.73. The molecule has 1 heterocycles. The highest BCUT2D eigenvalue weighted by Gasteiger charge is 2.13. The number of nitrogens with one attached hydrogen (secondary N) is 2. The number of pyridine rings is 1. The van der Waals surface area contributed by atoms with Gasteiger partial charge in [0.25, 0.3) is 11.8 Å². The first kappa shape index (κ1) is 20.3. The summed E-state index contributed by atoms with van der Waals surface area (Å²) in [5, 5.41) is 5.90. The minimum atomic E-state index is -0.189. The number of aryl methyl sites for hydroxylation is 2. The Bertz CT molecular complexity index is 961. The third-order valence-electron chi connectivity index (χ3n) is 4.82. The molecule has 0 unspecified atom stereocenters. The summed E-state index contributed by atoms with van der Waals surface area (Å²) in [6, 6.07) is 16.5. The van der Waals surface area contributed by atoms with Crippen LogP contribution in [0.2, 0.25) is 0 Å². The summed E-state index contributed by atoms with van der Waals surface area (Å²) < 4.78 is 0. The van der Waals surface area contributed by atoms with Crippen LogP contribution in [0.25, 0.3) is 0 Å². The van der Waals surface area contributed by atoms with E-state index in [9.17, 15) is 9.59 Å². The van der Waals surface area contributed by atoms with Crippen LogP contribution in [-0.2, 0) is 19.4 Å². The molecule has 0 fully saturated rings. The number of amides is 2. The predicted octanol–water partition coefficient (Wildman–Crippen LogP) is 4.39. The topological polar surface area (TPSA) is 71.1 Å². The molecule has 0 spiro atoms. The van der Waals surface area contributed by atoms with Crippen molar-refractivity contribution < 1.29 is 9.59 Å². The van der Waals surface area contributed by atoms with Crippen molar-refractivity contribution in [3.63, 3.8) is 0 Å². The van der Waals surface area contributed by atoms with Gasteiger partial charge >= 0.3 is 0 Å². The van der Waals surface area contributed by atoms with Crippen LogP contribution in [0.5, 0.6) is 0 Å². The number of hydrogen-bond donors (Lipinski definition) is 2. The molecule has 5 heteroatoms. The minimum absolute atomic E-state index is 0.178. The normalized spacial score (nSPS) is 10.4. The van der Waals surface area contributed by atoms with E-state index in [1.807, 2.05) is 30.3 Å². The fraction of sp³-hybridized carbons (Fsp3) is 0.208. The molecule has 2 amide bonds. The summed E-state index contributed by atoms with van der Waals surface area (Å²) in [5.41, 5.74) is 5.07. The highest BCUT2D eigenvalue weighted by atomic mass is 16.2. The van der Waals surface area contributed by atoms with Gasteiger partial charge in [0.15, 0.2) is 0 Å². The van der Waals surface area contributed by atoms with E-state index >= 15 is 0 Å². The molecule has 148 valence electrons. The molecule has 0 bridgehead atoms. The van der Waals surface area contributed by atoms with Crippen molar-refractivity contribution in [1.82, 2.24) is 10.3 Å². The Hall–Kier alpha value is -3.47. The van der Waals surface area contributed by atoms with Crippen molar-refractivity contribution >= 4 is 17.5 Å². The summed E-state index contributed by atoms with van der Waals surface area (Å²) in [4.78, 5) is 29.1. The van der Waals surface area contributed by atoms with Gasteiger partial charge in [-0.25, -0.2) is 0 Å². The molecule has 1 aromatic heterocycles. The number of rotatable bonds is 7. The standard InChI is InChI=1S/C24H25N3O2/c1-3-18-8-5-9-19(4-2)22(18)27-24(29)21-12-10-20(11-13-21)23(28)26-16-17-7-6-14-25-15-17/h5-15H,3-4,16H2,1-2H3,(H,26,28)(H,27,29). The maximum atomic E-state index is 12.7. The molecule has 5 nitrogen and oxygen atoms in total. The molecule has 0 saturated heterocycles. The van der Waals surface area contributed by atoms with Gasteiger partial charge in [0.2, 0.25) is 0 Å². The predicted molar refractivity (Wildman–Crippen MR) is 115 cm³/mol. The minimum Gasteiger partial charge on any atom is -0.348 e. The van der Waals surface area contributed by atoms with E-state index in [1.165, 1.54) is 0 Å². The number of aromatic nitrogens is 1. The molecule has 0 aliphatic carbocycles. The van der Waals surface area contributed by atoms with Gasteiger partial charge in [0.1, 0.15) is 0 Å². The molecule has 29 heavy (non-hydrogen) atoms. The fourth-order valence-corrected chi connectivity index (χ4v) is 3.15. The molecule has 2 N–H and O–H groups in total. The summed E-state index contributed by atoms with van der Waals surface area (Å²) in [7, 11) is 0. The second kappa shape index (κ2) is 9.64. The summed E-state index contributed by atoms with van der Waals surface area (Å²) >= 11 is 0. The number of para-hydroxylation sites is 1. The van der Waals surface area contributed by atoms with E-state index < -0.39 is 0 Å². The number of hydrogen-bond acceptors (Lipinski definition) is 3. The smallest absolute Gasteiger partial charge is 0.255 e.